The number of fused-ring (bicyclic) bond motifs is 2. The molecule has 3 aromatic rings. The van der Waals surface area contributed by atoms with Crippen molar-refractivity contribution in [3.8, 4) is 0 Å². The fourth-order valence-electron chi connectivity index (χ4n) is 3.33. The second kappa shape index (κ2) is 6.34. The molecule has 2 aromatic carbocycles. The molecule has 24 heavy (non-hydrogen) atoms. The van der Waals surface area contributed by atoms with Crippen LogP contribution in [0.15, 0.2) is 48.5 Å². The number of nitrogens with one attached hydrogen (secondary N) is 1. The van der Waals surface area contributed by atoms with Gasteiger partial charge >= 0.3 is 0 Å². The fraction of sp³-hybridized carbons (Fsp3) is 0.263. The Morgan fingerprint density at radius 2 is 1.96 bits per heavy atom. The van der Waals surface area contributed by atoms with Gasteiger partial charge in [0, 0.05) is 13.6 Å². The van der Waals surface area contributed by atoms with E-state index >= 15 is 0 Å². The van der Waals surface area contributed by atoms with Crippen molar-refractivity contribution in [1.82, 2.24) is 15.2 Å². The standard InChI is InChI=1S/C19H19N3OS/c1-20-19(23)16-10-13-6-2-3-7-14(13)11-22(16)12-18-21-15-8-4-5-9-17(15)24-18/h2-9,16H,10-12H2,1H3,(H,20,23). The van der Waals surface area contributed by atoms with Crippen LogP contribution in [-0.4, -0.2) is 28.9 Å². The van der Waals surface area contributed by atoms with Crippen LogP contribution in [0.3, 0.4) is 0 Å². The van der Waals surface area contributed by atoms with Gasteiger partial charge in [-0.2, -0.15) is 0 Å². The zero-order chi connectivity index (χ0) is 16.5. The minimum Gasteiger partial charge on any atom is -0.358 e. The summed E-state index contributed by atoms with van der Waals surface area (Å²) in [5.41, 5.74) is 3.61. The maximum atomic E-state index is 12.4. The maximum Gasteiger partial charge on any atom is 0.237 e. The molecule has 0 spiro atoms. The van der Waals surface area contributed by atoms with Gasteiger partial charge < -0.3 is 5.32 Å². The SMILES string of the molecule is CNC(=O)C1Cc2ccccc2CN1Cc1nc2ccccc2s1. The molecule has 0 saturated heterocycles. The molecule has 1 N–H and O–H groups in total. The molecule has 1 aliphatic rings. The number of likely N-dealkylation sites (N-methyl/N-ethyl adjacent to an activating group) is 1. The first-order valence-electron chi connectivity index (χ1n) is 8.11. The van der Waals surface area contributed by atoms with Crippen LogP contribution in [-0.2, 0) is 24.3 Å². The zero-order valence-electron chi connectivity index (χ0n) is 13.5. The van der Waals surface area contributed by atoms with E-state index in [2.05, 4.69) is 34.5 Å². The van der Waals surface area contributed by atoms with Crippen LogP contribution < -0.4 is 5.32 Å². The molecule has 1 atom stereocenters. The van der Waals surface area contributed by atoms with Gasteiger partial charge in [-0.1, -0.05) is 36.4 Å². The summed E-state index contributed by atoms with van der Waals surface area (Å²) in [5, 5.41) is 3.87. The fourth-order valence-corrected chi connectivity index (χ4v) is 4.32. The van der Waals surface area contributed by atoms with Crippen molar-refractivity contribution in [3.05, 3.63) is 64.7 Å². The molecule has 1 aliphatic heterocycles. The second-order valence-corrected chi connectivity index (χ2v) is 7.20. The van der Waals surface area contributed by atoms with Gasteiger partial charge in [0.2, 0.25) is 5.91 Å². The molecule has 2 heterocycles. The van der Waals surface area contributed by atoms with Crippen molar-refractivity contribution in [2.45, 2.75) is 25.6 Å². The van der Waals surface area contributed by atoms with Crippen LogP contribution in [0, 0.1) is 0 Å². The average Bonchev–Trinajstić information content (AvgIpc) is 3.02. The summed E-state index contributed by atoms with van der Waals surface area (Å²) < 4.78 is 1.20. The van der Waals surface area contributed by atoms with E-state index in [0.717, 1.165) is 23.5 Å². The Balaban J connectivity index is 1.64. The highest BCUT2D eigenvalue weighted by atomic mass is 32.1. The number of benzene rings is 2. The first-order chi connectivity index (χ1) is 11.7. The van der Waals surface area contributed by atoms with Crippen molar-refractivity contribution in [1.29, 1.82) is 0 Å². The lowest BCUT2D eigenvalue weighted by Gasteiger charge is -2.35. The van der Waals surface area contributed by atoms with Crippen LogP contribution in [0.2, 0.25) is 0 Å². The first kappa shape index (κ1) is 15.3. The summed E-state index contributed by atoms with van der Waals surface area (Å²) in [6.07, 6.45) is 0.751. The van der Waals surface area contributed by atoms with Crippen molar-refractivity contribution in [2.24, 2.45) is 0 Å². The van der Waals surface area contributed by atoms with Gasteiger partial charge in [0.25, 0.3) is 0 Å². The predicted octanol–water partition coefficient (Wildman–Crippen LogP) is 2.97. The summed E-state index contributed by atoms with van der Waals surface area (Å²) in [5.74, 6) is 0.0746. The number of hydrogen-bond donors (Lipinski definition) is 1. The Bertz CT molecular complexity index is 856. The Labute approximate surface area is 145 Å². The van der Waals surface area contributed by atoms with Gasteiger partial charge in [0.05, 0.1) is 22.8 Å². The summed E-state index contributed by atoms with van der Waals surface area (Å²) >= 11 is 1.71. The molecule has 122 valence electrons. The first-order valence-corrected chi connectivity index (χ1v) is 8.93. The van der Waals surface area contributed by atoms with E-state index in [4.69, 9.17) is 4.98 Å². The lowest BCUT2D eigenvalue weighted by molar-refractivity contribution is -0.126. The van der Waals surface area contributed by atoms with E-state index < -0.39 is 0 Å². The van der Waals surface area contributed by atoms with Crippen LogP contribution in [0.1, 0.15) is 16.1 Å². The monoisotopic (exact) mass is 337 g/mol. The van der Waals surface area contributed by atoms with Crippen LogP contribution >= 0.6 is 11.3 Å². The Hall–Kier alpha value is -2.24. The lowest BCUT2D eigenvalue weighted by Crippen LogP contribution is -2.49. The third-order valence-electron chi connectivity index (χ3n) is 4.57. The highest BCUT2D eigenvalue weighted by molar-refractivity contribution is 7.18. The van der Waals surface area contributed by atoms with Crippen molar-refractivity contribution >= 4 is 27.5 Å². The lowest BCUT2D eigenvalue weighted by atomic mass is 9.93. The Kier molecular flexibility index (Phi) is 4.04. The normalized spacial score (nSPS) is 17.6. The summed E-state index contributed by atoms with van der Waals surface area (Å²) in [4.78, 5) is 19.3. The van der Waals surface area contributed by atoms with Gasteiger partial charge in [0.15, 0.2) is 0 Å². The molecular formula is C19H19N3OS. The molecule has 1 unspecified atom stereocenters. The molecule has 1 amide bonds. The highest BCUT2D eigenvalue weighted by Gasteiger charge is 2.31. The molecule has 0 radical (unpaired) electrons. The number of carbonyl (C=O) groups excluding carboxylic acids is 1. The van der Waals surface area contributed by atoms with Crippen LogP contribution in [0.25, 0.3) is 10.2 Å². The second-order valence-electron chi connectivity index (χ2n) is 6.08. The largest absolute Gasteiger partial charge is 0.358 e. The highest BCUT2D eigenvalue weighted by Crippen LogP contribution is 2.28. The van der Waals surface area contributed by atoms with E-state index in [1.54, 1.807) is 18.4 Å². The number of rotatable bonds is 3. The summed E-state index contributed by atoms with van der Waals surface area (Å²) in [6, 6.07) is 16.4. The van der Waals surface area contributed by atoms with Gasteiger partial charge in [-0.3, -0.25) is 9.69 Å². The van der Waals surface area contributed by atoms with E-state index in [0.29, 0.717) is 6.54 Å². The molecule has 5 heteroatoms. The quantitative estimate of drug-likeness (QED) is 0.799. The minimum absolute atomic E-state index is 0.0746. The average molecular weight is 337 g/mol. The smallest absolute Gasteiger partial charge is 0.237 e. The molecule has 4 rings (SSSR count). The summed E-state index contributed by atoms with van der Waals surface area (Å²) in [6.45, 7) is 1.48. The van der Waals surface area contributed by atoms with Crippen molar-refractivity contribution in [2.75, 3.05) is 7.05 Å². The molecule has 4 nitrogen and oxygen atoms in total. The van der Waals surface area contributed by atoms with E-state index in [1.807, 2.05) is 24.3 Å². The Morgan fingerprint density at radius 3 is 2.75 bits per heavy atom. The number of amides is 1. The number of aromatic nitrogens is 1. The topological polar surface area (TPSA) is 45.2 Å². The number of thiazole rings is 1. The molecule has 0 fully saturated rings. The third-order valence-corrected chi connectivity index (χ3v) is 5.59. The summed E-state index contributed by atoms with van der Waals surface area (Å²) in [7, 11) is 1.71. The molecule has 0 bridgehead atoms. The third kappa shape index (κ3) is 2.81. The van der Waals surface area contributed by atoms with Crippen LogP contribution in [0.4, 0.5) is 0 Å². The number of carbonyl (C=O) groups is 1. The zero-order valence-corrected chi connectivity index (χ0v) is 14.3. The molecule has 0 saturated carbocycles. The molecule has 1 aromatic heterocycles. The van der Waals surface area contributed by atoms with Crippen LogP contribution in [0.5, 0.6) is 0 Å². The Morgan fingerprint density at radius 1 is 1.21 bits per heavy atom. The van der Waals surface area contributed by atoms with Crippen molar-refractivity contribution < 1.29 is 4.79 Å². The van der Waals surface area contributed by atoms with E-state index in [-0.39, 0.29) is 11.9 Å². The number of para-hydroxylation sites is 1. The van der Waals surface area contributed by atoms with Gasteiger partial charge in [-0.15, -0.1) is 11.3 Å². The predicted molar refractivity (Wildman–Crippen MR) is 96.9 cm³/mol. The maximum absolute atomic E-state index is 12.4. The molecular weight excluding hydrogens is 318 g/mol. The van der Waals surface area contributed by atoms with Crippen molar-refractivity contribution in [3.63, 3.8) is 0 Å². The van der Waals surface area contributed by atoms with E-state index in [9.17, 15) is 4.79 Å². The minimum atomic E-state index is -0.142. The number of nitrogens with zero attached hydrogens (tertiary/aromatic N) is 2. The molecule has 0 aliphatic carbocycles. The van der Waals surface area contributed by atoms with Gasteiger partial charge in [-0.25, -0.2) is 4.98 Å². The van der Waals surface area contributed by atoms with Gasteiger partial charge in [0.1, 0.15) is 5.01 Å². The van der Waals surface area contributed by atoms with Gasteiger partial charge in [-0.05, 0) is 29.7 Å². The van der Waals surface area contributed by atoms with E-state index in [1.165, 1.54) is 15.8 Å². The number of hydrogen-bond acceptors (Lipinski definition) is 4.